The SMILES string of the molecule is Cc1c[nH]c(C)c1CC1CCNC1. The average Bonchev–Trinajstić information content (AvgIpc) is 2.70. The molecule has 2 nitrogen and oxygen atoms in total. The molecule has 0 bridgehead atoms. The lowest BCUT2D eigenvalue weighted by Crippen LogP contribution is -2.11. The highest BCUT2D eigenvalue weighted by atomic mass is 14.9. The van der Waals surface area contributed by atoms with Crippen LogP contribution in [0.25, 0.3) is 0 Å². The van der Waals surface area contributed by atoms with Crippen LogP contribution in [0, 0.1) is 19.8 Å². The summed E-state index contributed by atoms with van der Waals surface area (Å²) in [7, 11) is 0. The van der Waals surface area contributed by atoms with Crippen molar-refractivity contribution in [2.24, 2.45) is 5.92 Å². The Morgan fingerprint density at radius 1 is 1.46 bits per heavy atom. The molecule has 0 spiro atoms. The van der Waals surface area contributed by atoms with Crippen LogP contribution >= 0.6 is 0 Å². The molecular weight excluding hydrogens is 160 g/mol. The molecule has 1 aromatic rings. The molecule has 1 unspecified atom stereocenters. The van der Waals surface area contributed by atoms with Crippen molar-refractivity contribution < 1.29 is 0 Å². The summed E-state index contributed by atoms with van der Waals surface area (Å²) < 4.78 is 0. The van der Waals surface area contributed by atoms with E-state index in [2.05, 4.69) is 30.3 Å². The molecule has 1 atom stereocenters. The molecule has 2 heterocycles. The first-order valence-corrected chi connectivity index (χ1v) is 5.11. The van der Waals surface area contributed by atoms with Crippen molar-refractivity contribution in [1.82, 2.24) is 10.3 Å². The van der Waals surface area contributed by atoms with Gasteiger partial charge in [-0.15, -0.1) is 0 Å². The summed E-state index contributed by atoms with van der Waals surface area (Å²) in [6.07, 6.45) is 4.70. The molecule has 2 heteroatoms. The Kier molecular flexibility index (Phi) is 2.40. The standard InChI is InChI=1S/C11H18N2/c1-8-6-13-9(2)11(8)5-10-3-4-12-7-10/h6,10,12-13H,3-5,7H2,1-2H3. The fourth-order valence-electron chi connectivity index (χ4n) is 2.18. The van der Waals surface area contributed by atoms with E-state index in [4.69, 9.17) is 0 Å². The molecule has 1 saturated heterocycles. The molecule has 1 fully saturated rings. The normalized spacial score (nSPS) is 22.5. The molecule has 2 rings (SSSR count). The van der Waals surface area contributed by atoms with E-state index in [1.54, 1.807) is 0 Å². The minimum atomic E-state index is 0.855. The summed E-state index contributed by atoms with van der Waals surface area (Å²) >= 11 is 0. The van der Waals surface area contributed by atoms with Gasteiger partial charge in [0.05, 0.1) is 0 Å². The fourth-order valence-corrected chi connectivity index (χ4v) is 2.18. The van der Waals surface area contributed by atoms with E-state index < -0.39 is 0 Å². The van der Waals surface area contributed by atoms with Gasteiger partial charge < -0.3 is 10.3 Å². The topological polar surface area (TPSA) is 27.8 Å². The lowest BCUT2D eigenvalue weighted by atomic mass is 9.97. The smallest absolute Gasteiger partial charge is 0.0150 e. The van der Waals surface area contributed by atoms with Gasteiger partial charge in [-0.2, -0.15) is 0 Å². The largest absolute Gasteiger partial charge is 0.365 e. The molecule has 0 amide bonds. The fraction of sp³-hybridized carbons (Fsp3) is 0.636. The number of aromatic amines is 1. The summed E-state index contributed by atoms with van der Waals surface area (Å²) in [6.45, 7) is 6.77. The molecule has 13 heavy (non-hydrogen) atoms. The molecule has 0 radical (unpaired) electrons. The molecule has 0 saturated carbocycles. The highest BCUT2D eigenvalue weighted by molar-refractivity contribution is 5.29. The van der Waals surface area contributed by atoms with Crippen molar-refractivity contribution in [2.45, 2.75) is 26.7 Å². The van der Waals surface area contributed by atoms with Gasteiger partial charge >= 0.3 is 0 Å². The van der Waals surface area contributed by atoms with Gasteiger partial charge in [-0.3, -0.25) is 0 Å². The van der Waals surface area contributed by atoms with Gasteiger partial charge in [-0.05, 0) is 56.8 Å². The molecule has 0 aromatic carbocycles. The first-order chi connectivity index (χ1) is 6.27. The number of hydrogen-bond acceptors (Lipinski definition) is 1. The van der Waals surface area contributed by atoms with Crippen molar-refractivity contribution in [2.75, 3.05) is 13.1 Å². The van der Waals surface area contributed by atoms with Crippen molar-refractivity contribution in [1.29, 1.82) is 0 Å². The molecule has 1 aliphatic rings. The molecule has 0 aliphatic carbocycles. The predicted molar refractivity (Wildman–Crippen MR) is 54.9 cm³/mol. The van der Waals surface area contributed by atoms with Crippen LogP contribution in [0.2, 0.25) is 0 Å². The van der Waals surface area contributed by atoms with E-state index in [9.17, 15) is 0 Å². The maximum atomic E-state index is 3.41. The molecule has 1 aromatic heterocycles. The molecular formula is C11H18N2. The monoisotopic (exact) mass is 178 g/mol. The van der Waals surface area contributed by atoms with E-state index in [0.717, 1.165) is 5.92 Å². The van der Waals surface area contributed by atoms with Crippen LogP contribution in [-0.4, -0.2) is 18.1 Å². The molecule has 2 N–H and O–H groups in total. The number of hydrogen-bond donors (Lipinski definition) is 2. The lowest BCUT2D eigenvalue weighted by Gasteiger charge is -2.08. The van der Waals surface area contributed by atoms with Crippen LogP contribution < -0.4 is 5.32 Å². The summed E-state index contributed by atoms with van der Waals surface area (Å²) in [5.74, 6) is 0.855. The highest BCUT2D eigenvalue weighted by Gasteiger charge is 2.17. The van der Waals surface area contributed by atoms with Crippen LogP contribution in [0.5, 0.6) is 0 Å². The second-order valence-corrected chi connectivity index (χ2v) is 4.14. The minimum Gasteiger partial charge on any atom is -0.365 e. The van der Waals surface area contributed by atoms with Gasteiger partial charge in [-0.25, -0.2) is 0 Å². The van der Waals surface area contributed by atoms with Crippen molar-refractivity contribution in [3.63, 3.8) is 0 Å². The number of aromatic nitrogens is 1. The zero-order valence-corrected chi connectivity index (χ0v) is 8.48. The second-order valence-electron chi connectivity index (χ2n) is 4.14. The van der Waals surface area contributed by atoms with Gasteiger partial charge in [0, 0.05) is 11.9 Å². The molecule has 1 aliphatic heterocycles. The number of aryl methyl sites for hydroxylation is 2. The van der Waals surface area contributed by atoms with Gasteiger partial charge in [0.1, 0.15) is 0 Å². The van der Waals surface area contributed by atoms with Crippen LogP contribution in [0.3, 0.4) is 0 Å². The number of H-pyrrole nitrogens is 1. The maximum Gasteiger partial charge on any atom is 0.0150 e. The predicted octanol–water partition coefficient (Wildman–Crippen LogP) is 1.78. The van der Waals surface area contributed by atoms with Gasteiger partial charge in [0.2, 0.25) is 0 Å². The highest BCUT2D eigenvalue weighted by Crippen LogP contribution is 2.20. The summed E-state index contributed by atoms with van der Waals surface area (Å²) in [4.78, 5) is 3.29. The van der Waals surface area contributed by atoms with E-state index in [-0.39, 0.29) is 0 Å². The van der Waals surface area contributed by atoms with Crippen molar-refractivity contribution >= 4 is 0 Å². The Morgan fingerprint density at radius 3 is 2.85 bits per heavy atom. The zero-order chi connectivity index (χ0) is 9.26. The van der Waals surface area contributed by atoms with E-state index in [1.807, 2.05) is 0 Å². The van der Waals surface area contributed by atoms with E-state index in [0.29, 0.717) is 0 Å². The first-order valence-electron chi connectivity index (χ1n) is 5.11. The maximum absolute atomic E-state index is 3.41. The van der Waals surface area contributed by atoms with Crippen LogP contribution in [0.15, 0.2) is 6.20 Å². The van der Waals surface area contributed by atoms with Gasteiger partial charge in [-0.1, -0.05) is 0 Å². The quantitative estimate of drug-likeness (QED) is 0.710. The summed E-state index contributed by atoms with van der Waals surface area (Å²) in [6, 6.07) is 0. The summed E-state index contributed by atoms with van der Waals surface area (Å²) in [5, 5.41) is 3.41. The Balaban J connectivity index is 2.07. The minimum absolute atomic E-state index is 0.855. The Bertz CT molecular complexity index is 263. The first kappa shape index (κ1) is 8.82. The van der Waals surface area contributed by atoms with Crippen molar-refractivity contribution in [3.8, 4) is 0 Å². The molecule has 72 valence electrons. The lowest BCUT2D eigenvalue weighted by molar-refractivity contribution is 0.577. The number of nitrogens with one attached hydrogen (secondary N) is 2. The summed E-state index contributed by atoms with van der Waals surface area (Å²) in [5.41, 5.74) is 4.31. The third kappa shape index (κ3) is 1.78. The Morgan fingerprint density at radius 2 is 2.31 bits per heavy atom. The number of rotatable bonds is 2. The Labute approximate surface area is 79.7 Å². The van der Waals surface area contributed by atoms with E-state index in [1.165, 1.54) is 42.8 Å². The third-order valence-corrected chi connectivity index (χ3v) is 3.09. The third-order valence-electron chi connectivity index (χ3n) is 3.09. The second kappa shape index (κ2) is 3.54. The average molecular weight is 178 g/mol. The Hall–Kier alpha value is -0.760. The zero-order valence-electron chi connectivity index (χ0n) is 8.48. The van der Waals surface area contributed by atoms with Crippen LogP contribution in [-0.2, 0) is 6.42 Å². The van der Waals surface area contributed by atoms with Gasteiger partial charge in [0.15, 0.2) is 0 Å². The van der Waals surface area contributed by atoms with Crippen LogP contribution in [0.1, 0.15) is 23.2 Å². The van der Waals surface area contributed by atoms with Crippen molar-refractivity contribution in [3.05, 3.63) is 23.0 Å². The van der Waals surface area contributed by atoms with Gasteiger partial charge in [0.25, 0.3) is 0 Å². The van der Waals surface area contributed by atoms with Crippen LogP contribution in [0.4, 0.5) is 0 Å². The van der Waals surface area contributed by atoms with E-state index >= 15 is 0 Å².